The van der Waals surface area contributed by atoms with Crippen LogP contribution in [0, 0.1) is 0 Å². The Balaban J connectivity index is 0.00000180. The van der Waals surface area contributed by atoms with Crippen molar-refractivity contribution in [2.45, 2.75) is 12.7 Å². The van der Waals surface area contributed by atoms with E-state index >= 15 is 0 Å². The molecule has 0 radical (unpaired) electrons. The molecule has 0 saturated carbocycles. The van der Waals surface area contributed by atoms with E-state index in [4.69, 9.17) is 4.74 Å². The second-order valence-electron chi connectivity index (χ2n) is 3.94. The number of ether oxygens (including phenoxy) is 1. The monoisotopic (exact) mass is 246 g/mol. The van der Waals surface area contributed by atoms with Gasteiger partial charge in [0.25, 0.3) is 0 Å². The second-order valence-corrected chi connectivity index (χ2v) is 3.94. The van der Waals surface area contributed by atoms with Crippen molar-refractivity contribution < 1.29 is 11.3 Å². The normalized spacial score (nSPS) is 12.1. The smallest absolute Gasteiger partial charge is 0.158 e. The zero-order chi connectivity index (χ0) is 12.8. The molecule has 1 atom stereocenters. The number of aliphatic hydroxyl groups is 1. The predicted octanol–water partition coefficient (Wildman–Crippen LogP) is 2.58. The van der Waals surface area contributed by atoms with Crippen molar-refractivity contribution in [1.29, 1.82) is 0 Å². The number of pyridine rings is 1. The van der Waals surface area contributed by atoms with Crippen LogP contribution in [-0.2, 0) is 11.2 Å². The van der Waals surface area contributed by atoms with Crippen LogP contribution in [0.2, 0.25) is 0 Å². The van der Waals surface area contributed by atoms with E-state index in [0.717, 1.165) is 17.1 Å². The van der Waals surface area contributed by atoms with Gasteiger partial charge in [0.15, 0.2) is 6.29 Å². The molecule has 1 aromatic carbocycles. The average molecular weight is 246 g/mol. The lowest BCUT2D eigenvalue weighted by Gasteiger charge is -2.09. The Labute approximate surface area is 108 Å². The minimum atomic E-state index is -0.778. The number of methoxy groups -OCH3 is 1. The van der Waals surface area contributed by atoms with E-state index in [0.29, 0.717) is 6.42 Å². The van der Waals surface area contributed by atoms with E-state index in [-0.39, 0.29) is 1.43 Å². The molecule has 0 aliphatic rings. The van der Waals surface area contributed by atoms with Crippen LogP contribution in [0.4, 0.5) is 11.5 Å². The van der Waals surface area contributed by atoms with Crippen molar-refractivity contribution in [2.24, 2.45) is 0 Å². The van der Waals surface area contributed by atoms with Gasteiger partial charge < -0.3 is 15.2 Å². The Morgan fingerprint density at radius 3 is 2.67 bits per heavy atom. The summed E-state index contributed by atoms with van der Waals surface area (Å²) in [6.07, 6.45) is 1.39. The van der Waals surface area contributed by atoms with E-state index in [2.05, 4.69) is 10.3 Å². The maximum atomic E-state index is 9.35. The summed E-state index contributed by atoms with van der Waals surface area (Å²) in [7, 11) is 1.48. The number of rotatable bonds is 5. The molecule has 18 heavy (non-hydrogen) atoms. The number of benzene rings is 1. The third kappa shape index (κ3) is 3.55. The molecule has 0 saturated heterocycles. The lowest BCUT2D eigenvalue weighted by Crippen LogP contribution is -2.12. The number of anilines is 2. The lowest BCUT2D eigenvalue weighted by molar-refractivity contribution is -0.0720. The zero-order valence-electron chi connectivity index (χ0n) is 10.2. The van der Waals surface area contributed by atoms with Gasteiger partial charge in [0, 0.05) is 26.8 Å². The summed E-state index contributed by atoms with van der Waals surface area (Å²) in [6, 6.07) is 13.6. The van der Waals surface area contributed by atoms with Crippen LogP contribution in [0.1, 0.15) is 6.99 Å². The van der Waals surface area contributed by atoms with Crippen LogP contribution >= 0.6 is 0 Å². The summed E-state index contributed by atoms with van der Waals surface area (Å²) in [5, 5.41) is 12.5. The average Bonchev–Trinajstić information content (AvgIpc) is 2.42. The van der Waals surface area contributed by atoms with Crippen LogP contribution in [0.3, 0.4) is 0 Å². The molecule has 4 nitrogen and oxygen atoms in total. The Kier molecular flexibility index (Phi) is 4.28. The summed E-state index contributed by atoms with van der Waals surface area (Å²) in [5.41, 5.74) is 1.93. The molecular weight excluding hydrogens is 228 g/mol. The SMILES string of the molecule is COC(O)Cc1ccc(Nc2ccccc2)nc1.[HH]. The molecule has 2 rings (SSSR count). The van der Waals surface area contributed by atoms with Crippen LogP contribution in [-0.4, -0.2) is 23.5 Å². The maximum Gasteiger partial charge on any atom is 0.158 e. The van der Waals surface area contributed by atoms with Gasteiger partial charge in [-0.1, -0.05) is 24.3 Å². The molecule has 1 heterocycles. The first-order chi connectivity index (χ1) is 8.78. The van der Waals surface area contributed by atoms with E-state index < -0.39 is 6.29 Å². The highest BCUT2D eigenvalue weighted by Crippen LogP contribution is 2.14. The van der Waals surface area contributed by atoms with E-state index in [1.165, 1.54) is 7.11 Å². The molecule has 2 N–H and O–H groups in total. The van der Waals surface area contributed by atoms with Gasteiger partial charge in [-0.3, -0.25) is 0 Å². The standard InChI is InChI=1S/C14H16N2O2.H2/c1-18-14(17)9-11-7-8-13(15-10-11)16-12-5-3-2-4-6-12;/h2-8,10,14,17H,9H2,1H3,(H,15,16);1H. The van der Waals surface area contributed by atoms with Crippen molar-refractivity contribution in [2.75, 3.05) is 12.4 Å². The highest BCUT2D eigenvalue weighted by molar-refractivity contribution is 5.55. The van der Waals surface area contributed by atoms with Crippen molar-refractivity contribution in [1.82, 2.24) is 4.98 Å². The fourth-order valence-electron chi connectivity index (χ4n) is 1.57. The maximum absolute atomic E-state index is 9.35. The van der Waals surface area contributed by atoms with Crippen LogP contribution in [0.15, 0.2) is 48.7 Å². The summed E-state index contributed by atoms with van der Waals surface area (Å²) < 4.78 is 4.79. The third-order valence-corrected chi connectivity index (χ3v) is 2.55. The Morgan fingerprint density at radius 1 is 1.28 bits per heavy atom. The molecule has 0 bridgehead atoms. The van der Waals surface area contributed by atoms with Crippen LogP contribution < -0.4 is 5.32 Å². The third-order valence-electron chi connectivity index (χ3n) is 2.55. The Hall–Kier alpha value is -1.91. The molecule has 0 aliphatic carbocycles. The molecule has 0 aliphatic heterocycles. The molecule has 0 fully saturated rings. The van der Waals surface area contributed by atoms with Crippen molar-refractivity contribution in [3.63, 3.8) is 0 Å². The molecule has 1 aromatic heterocycles. The van der Waals surface area contributed by atoms with E-state index in [1.54, 1.807) is 6.20 Å². The van der Waals surface area contributed by atoms with Crippen LogP contribution in [0.5, 0.6) is 0 Å². The van der Waals surface area contributed by atoms with Crippen molar-refractivity contribution >= 4 is 11.5 Å². The minimum Gasteiger partial charge on any atom is -0.368 e. The Morgan fingerprint density at radius 2 is 2.06 bits per heavy atom. The molecule has 96 valence electrons. The van der Waals surface area contributed by atoms with Gasteiger partial charge in [0.1, 0.15) is 5.82 Å². The summed E-state index contributed by atoms with van der Waals surface area (Å²) >= 11 is 0. The fraction of sp³-hybridized carbons (Fsp3) is 0.214. The number of hydrogen-bond donors (Lipinski definition) is 2. The van der Waals surface area contributed by atoms with E-state index in [1.807, 2.05) is 42.5 Å². The number of aliphatic hydroxyl groups excluding tert-OH is 1. The van der Waals surface area contributed by atoms with Gasteiger partial charge >= 0.3 is 0 Å². The summed E-state index contributed by atoms with van der Waals surface area (Å²) in [6.45, 7) is 0. The van der Waals surface area contributed by atoms with Crippen molar-refractivity contribution in [3.05, 3.63) is 54.2 Å². The number of nitrogens with one attached hydrogen (secondary N) is 1. The highest BCUT2D eigenvalue weighted by atomic mass is 16.6. The zero-order valence-corrected chi connectivity index (χ0v) is 10.2. The summed E-state index contributed by atoms with van der Waals surface area (Å²) in [5.74, 6) is 0.775. The number of hydrogen-bond acceptors (Lipinski definition) is 4. The van der Waals surface area contributed by atoms with Gasteiger partial charge in [-0.15, -0.1) is 0 Å². The molecule has 0 spiro atoms. The molecule has 2 aromatic rings. The second kappa shape index (κ2) is 6.14. The molecule has 1 unspecified atom stereocenters. The van der Waals surface area contributed by atoms with E-state index in [9.17, 15) is 5.11 Å². The van der Waals surface area contributed by atoms with Gasteiger partial charge in [-0.2, -0.15) is 0 Å². The van der Waals surface area contributed by atoms with Crippen molar-refractivity contribution in [3.8, 4) is 0 Å². The molecule has 0 amide bonds. The van der Waals surface area contributed by atoms with Gasteiger partial charge in [-0.25, -0.2) is 4.98 Å². The van der Waals surface area contributed by atoms with Gasteiger partial charge in [-0.05, 0) is 23.8 Å². The number of aromatic nitrogens is 1. The fourth-order valence-corrected chi connectivity index (χ4v) is 1.57. The largest absolute Gasteiger partial charge is 0.368 e. The number of para-hydroxylation sites is 1. The first-order valence-corrected chi connectivity index (χ1v) is 5.76. The number of nitrogens with zero attached hydrogens (tertiary/aromatic N) is 1. The lowest BCUT2D eigenvalue weighted by atomic mass is 10.2. The molecule has 4 heteroatoms. The minimum absolute atomic E-state index is 0. The highest BCUT2D eigenvalue weighted by Gasteiger charge is 2.03. The topological polar surface area (TPSA) is 54.4 Å². The first kappa shape index (κ1) is 12.5. The summed E-state index contributed by atoms with van der Waals surface area (Å²) in [4.78, 5) is 4.28. The van der Waals surface area contributed by atoms with Gasteiger partial charge in [0.2, 0.25) is 0 Å². The predicted molar refractivity (Wildman–Crippen MR) is 72.8 cm³/mol. The molecular formula is C14H18N2O2. The van der Waals surface area contributed by atoms with Crippen LogP contribution in [0.25, 0.3) is 0 Å². The quantitative estimate of drug-likeness (QED) is 0.796. The van der Waals surface area contributed by atoms with Gasteiger partial charge in [0.05, 0.1) is 0 Å². The first-order valence-electron chi connectivity index (χ1n) is 5.76. The Bertz CT molecular complexity index is 477.